The molecule has 0 aliphatic heterocycles. The van der Waals surface area contributed by atoms with Gasteiger partial charge in [-0.05, 0) is 49.4 Å². The summed E-state index contributed by atoms with van der Waals surface area (Å²) >= 11 is 0. The molecule has 0 spiro atoms. The van der Waals surface area contributed by atoms with Crippen LogP contribution in [0.15, 0.2) is 0 Å². The molecule has 0 saturated carbocycles. The number of unbranched alkanes of at least 4 members (excludes halogenated alkanes) is 33. The van der Waals surface area contributed by atoms with Gasteiger partial charge in [0.05, 0.1) is 26.4 Å². The third kappa shape index (κ3) is 63.5. The van der Waals surface area contributed by atoms with Gasteiger partial charge in [0.2, 0.25) is 0 Å². The van der Waals surface area contributed by atoms with Gasteiger partial charge in [-0.2, -0.15) is 0 Å². The molecule has 0 saturated heterocycles. The number of rotatable bonds is 68. The van der Waals surface area contributed by atoms with Crippen LogP contribution in [0.4, 0.5) is 0 Å². The van der Waals surface area contributed by atoms with Gasteiger partial charge in [0.25, 0.3) is 0 Å². The summed E-state index contributed by atoms with van der Waals surface area (Å²) in [5, 5.41) is 10.6. The van der Waals surface area contributed by atoms with E-state index in [0.717, 1.165) is 108 Å². The largest absolute Gasteiger partial charge is 0.472 e. The standard InChI is InChI=1S/C71H138O17P2/c1-9-64(8)50-42-34-26-18-15-16-19-27-35-43-51-68(73)81-57-66(87-70(75)53-45-37-28-20-14-12-10-11-13-17-23-31-39-47-61(2)3)59-85-89(77,78)83-55-65(72)56-84-90(79,80)86-60-67(88-71(76)54-46-38-30-22-25-33-41-49-63(6)7)58-82-69(74)52-44-36-29-21-24-32-40-48-62(4)5/h61-67,72H,9-60H2,1-8H3,(H,77,78)(H,79,80)/t64?,65?,66-,67-/m1/s1. The fraction of sp³-hybridized carbons (Fsp3) is 0.944. The van der Waals surface area contributed by atoms with Gasteiger partial charge in [0, 0.05) is 25.7 Å². The van der Waals surface area contributed by atoms with Crippen molar-refractivity contribution in [1.29, 1.82) is 0 Å². The second-order valence-corrected chi connectivity index (χ2v) is 30.2. The van der Waals surface area contributed by atoms with E-state index in [9.17, 15) is 43.2 Å². The van der Waals surface area contributed by atoms with Gasteiger partial charge in [0.15, 0.2) is 12.2 Å². The molecule has 0 fully saturated rings. The smallest absolute Gasteiger partial charge is 0.462 e. The Morgan fingerprint density at radius 3 is 0.789 bits per heavy atom. The summed E-state index contributed by atoms with van der Waals surface area (Å²) in [4.78, 5) is 72.5. The van der Waals surface area contributed by atoms with E-state index in [-0.39, 0.29) is 25.7 Å². The highest BCUT2D eigenvalue weighted by molar-refractivity contribution is 7.47. The monoisotopic (exact) mass is 1320 g/mol. The molecule has 19 heteroatoms. The first-order chi connectivity index (χ1) is 43.1. The summed E-state index contributed by atoms with van der Waals surface area (Å²) in [6, 6.07) is 0. The molecule has 17 nitrogen and oxygen atoms in total. The second-order valence-electron chi connectivity index (χ2n) is 27.3. The zero-order valence-electron chi connectivity index (χ0n) is 58.8. The van der Waals surface area contributed by atoms with E-state index >= 15 is 0 Å². The number of hydrogen-bond donors (Lipinski definition) is 3. The highest BCUT2D eigenvalue weighted by atomic mass is 31.2. The summed E-state index contributed by atoms with van der Waals surface area (Å²) in [5.41, 5.74) is 0. The fourth-order valence-corrected chi connectivity index (χ4v) is 12.2. The fourth-order valence-electron chi connectivity index (χ4n) is 10.6. The lowest BCUT2D eigenvalue weighted by Gasteiger charge is -2.21. The second kappa shape index (κ2) is 60.7. The molecule has 0 aliphatic carbocycles. The van der Waals surface area contributed by atoms with Crippen LogP contribution in [0.5, 0.6) is 0 Å². The van der Waals surface area contributed by atoms with Gasteiger partial charge in [-0.1, -0.05) is 299 Å². The molecule has 0 rings (SSSR count). The van der Waals surface area contributed by atoms with E-state index in [1.807, 2.05) is 0 Å². The predicted molar refractivity (Wildman–Crippen MR) is 363 cm³/mol. The van der Waals surface area contributed by atoms with E-state index < -0.39 is 97.5 Å². The topological polar surface area (TPSA) is 237 Å². The van der Waals surface area contributed by atoms with Crippen LogP contribution in [-0.2, 0) is 65.4 Å². The zero-order valence-corrected chi connectivity index (χ0v) is 60.6. The molecule has 0 aromatic heterocycles. The van der Waals surface area contributed by atoms with Crippen LogP contribution in [0.1, 0.15) is 351 Å². The molecule has 0 amide bonds. The van der Waals surface area contributed by atoms with Gasteiger partial charge < -0.3 is 33.8 Å². The van der Waals surface area contributed by atoms with Crippen LogP contribution in [0.2, 0.25) is 0 Å². The average Bonchev–Trinajstić information content (AvgIpc) is 2.92. The number of hydrogen-bond acceptors (Lipinski definition) is 15. The SMILES string of the molecule is CCC(C)CCCCCCCCCCCCC(=O)OC[C@H](COP(=O)(O)OCC(O)COP(=O)(O)OC[C@@H](COC(=O)CCCCCCCCCC(C)C)OC(=O)CCCCCCCCCC(C)C)OC(=O)CCCCCCCCCCCCCCCC(C)C. The molecule has 0 bridgehead atoms. The normalized spacial score (nSPS) is 14.6. The molecule has 0 radical (unpaired) electrons. The Morgan fingerprint density at radius 1 is 0.311 bits per heavy atom. The molecule has 6 atom stereocenters. The van der Waals surface area contributed by atoms with Crippen molar-refractivity contribution in [1.82, 2.24) is 0 Å². The first-order valence-corrected chi connectivity index (χ1v) is 39.7. The maximum absolute atomic E-state index is 13.0. The lowest BCUT2D eigenvalue weighted by Crippen LogP contribution is -2.30. The lowest BCUT2D eigenvalue weighted by molar-refractivity contribution is -0.161. The minimum atomic E-state index is -4.95. The lowest BCUT2D eigenvalue weighted by atomic mass is 9.99. The number of aliphatic hydroxyl groups is 1. The minimum Gasteiger partial charge on any atom is -0.462 e. The van der Waals surface area contributed by atoms with Crippen molar-refractivity contribution in [3.05, 3.63) is 0 Å². The Labute approximate surface area is 549 Å². The van der Waals surface area contributed by atoms with Crippen LogP contribution < -0.4 is 0 Å². The van der Waals surface area contributed by atoms with Gasteiger partial charge >= 0.3 is 39.5 Å². The van der Waals surface area contributed by atoms with Crippen LogP contribution in [0.3, 0.4) is 0 Å². The number of esters is 4. The summed E-state index contributed by atoms with van der Waals surface area (Å²) in [6.45, 7) is 14.1. The van der Waals surface area contributed by atoms with E-state index in [4.69, 9.17) is 37.0 Å². The van der Waals surface area contributed by atoms with Gasteiger partial charge in [-0.3, -0.25) is 37.3 Å². The summed E-state index contributed by atoms with van der Waals surface area (Å²) < 4.78 is 68.3. The van der Waals surface area contributed by atoms with Crippen molar-refractivity contribution in [3.63, 3.8) is 0 Å². The van der Waals surface area contributed by atoms with Gasteiger partial charge in [-0.15, -0.1) is 0 Å². The highest BCUT2D eigenvalue weighted by Crippen LogP contribution is 2.45. The molecule has 4 unspecified atom stereocenters. The first-order valence-electron chi connectivity index (χ1n) is 36.7. The van der Waals surface area contributed by atoms with Crippen molar-refractivity contribution < 1.29 is 80.2 Å². The Morgan fingerprint density at radius 2 is 0.533 bits per heavy atom. The molecule has 534 valence electrons. The van der Waals surface area contributed by atoms with Crippen LogP contribution in [0.25, 0.3) is 0 Å². The number of phosphoric acid groups is 2. The molecule has 0 aliphatic rings. The summed E-state index contributed by atoms with van der Waals surface area (Å²) in [6.07, 6.45) is 43.1. The number of ether oxygens (including phenoxy) is 4. The van der Waals surface area contributed by atoms with Crippen molar-refractivity contribution in [2.45, 2.75) is 369 Å². The third-order valence-electron chi connectivity index (χ3n) is 16.7. The molecule has 0 heterocycles. The number of carbonyl (C=O) groups excluding carboxylic acids is 4. The maximum atomic E-state index is 13.0. The Hall–Kier alpha value is -1.94. The van der Waals surface area contributed by atoms with Crippen molar-refractivity contribution >= 4 is 39.5 Å². The predicted octanol–water partition coefficient (Wildman–Crippen LogP) is 20.1. The van der Waals surface area contributed by atoms with E-state index in [1.165, 1.54) is 148 Å². The number of carbonyl (C=O) groups is 4. The van der Waals surface area contributed by atoms with E-state index in [2.05, 4.69) is 55.4 Å². The van der Waals surface area contributed by atoms with Crippen molar-refractivity contribution in [2.75, 3.05) is 39.6 Å². The molecular formula is C71H138O17P2. The van der Waals surface area contributed by atoms with Gasteiger partial charge in [-0.25, -0.2) is 9.13 Å². The first kappa shape index (κ1) is 88.1. The van der Waals surface area contributed by atoms with Crippen molar-refractivity contribution in [2.24, 2.45) is 23.7 Å². The average molecular weight is 1330 g/mol. The molecule has 0 aromatic rings. The molecule has 3 N–H and O–H groups in total. The van der Waals surface area contributed by atoms with E-state index in [0.29, 0.717) is 37.5 Å². The number of aliphatic hydroxyl groups excluding tert-OH is 1. The maximum Gasteiger partial charge on any atom is 0.472 e. The van der Waals surface area contributed by atoms with E-state index in [1.54, 1.807) is 0 Å². The van der Waals surface area contributed by atoms with Gasteiger partial charge in [0.1, 0.15) is 19.3 Å². The van der Waals surface area contributed by atoms with Crippen molar-refractivity contribution in [3.8, 4) is 0 Å². The summed E-state index contributed by atoms with van der Waals surface area (Å²) in [7, 11) is -9.90. The molecular weight excluding hydrogens is 1190 g/mol. The summed E-state index contributed by atoms with van der Waals surface area (Å²) in [5.74, 6) is 0.867. The van der Waals surface area contributed by atoms with Crippen LogP contribution in [0, 0.1) is 23.7 Å². The zero-order chi connectivity index (χ0) is 66.8. The highest BCUT2D eigenvalue weighted by Gasteiger charge is 2.30. The Kier molecular flexibility index (Phi) is 59.4. The Balaban J connectivity index is 5.25. The quantitative estimate of drug-likeness (QED) is 0.0222. The van der Waals surface area contributed by atoms with Crippen LogP contribution in [-0.4, -0.2) is 96.7 Å². The minimum absolute atomic E-state index is 0.102. The molecule has 0 aromatic carbocycles. The third-order valence-corrected chi connectivity index (χ3v) is 18.6. The van der Waals surface area contributed by atoms with Crippen LogP contribution >= 0.6 is 15.6 Å². The number of phosphoric ester groups is 2. The Bertz CT molecular complexity index is 1780. The molecule has 90 heavy (non-hydrogen) atoms.